The standard InChI is InChI=1S/C11H17NO4S/c1-2-16-10(14)6-4-3-5-7-12-9(13)8-17-11(12)15/h2-8H2,1H3. The molecule has 5 nitrogen and oxygen atoms in total. The molecule has 0 aliphatic carbocycles. The number of carbonyl (C=O) groups is 3. The van der Waals surface area contributed by atoms with Gasteiger partial charge in [-0.2, -0.15) is 0 Å². The van der Waals surface area contributed by atoms with E-state index in [2.05, 4.69) is 0 Å². The van der Waals surface area contributed by atoms with Crippen molar-refractivity contribution >= 4 is 28.9 Å². The van der Waals surface area contributed by atoms with Crippen molar-refractivity contribution in [2.24, 2.45) is 0 Å². The molecule has 0 aromatic heterocycles. The number of esters is 1. The third-order valence-corrected chi connectivity index (χ3v) is 3.27. The molecule has 1 aliphatic heterocycles. The number of rotatable bonds is 7. The third-order valence-electron chi connectivity index (χ3n) is 2.41. The molecule has 0 aromatic rings. The predicted molar refractivity (Wildman–Crippen MR) is 64.7 cm³/mol. The first kappa shape index (κ1) is 14.0. The van der Waals surface area contributed by atoms with Crippen LogP contribution in [0, 0.1) is 0 Å². The maximum Gasteiger partial charge on any atom is 0.305 e. The molecular formula is C11H17NO4S. The van der Waals surface area contributed by atoms with Crippen LogP contribution in [-0.4, -0.2) is 40.9 Å². The molecule has 0 radical (unpaired) electrons. The molecule has 1 saturated heterocycles. The summed E-state index contributed by atoms with van der Waals surface area (Å²) in [4.78, 5) is 34.8. The summed E-state index contributed by atoms with van der Waals surface area (Å²) in [6.45, 7) is 2.65. The van der Waals surface area contributed by atoms with Crippen molar-refractivity contribution in [3.63, 3.8) is 0 Å². The fraction of sp³-hybridized carbons (Fsp3) is 0.727. The Morgan fingerprint density at radius 3 is 2.71 bits per heavy atom. The first-order valence-electron chi connectivity index (χ1n) is 5.78. The summed E-state index contributed by atoms with van der Waals surface area (Å²) in [5.74, 6) is -0.0245. The van der Waals surface area contributed by atoms with E-state index in [1.54, 1.807) is 6.92 Å². The predicted octanol–water partition coefficient (Wildman–Crippen LogP) is 1.81. The Hall–Kier alpha value is -1.04. The lowest BCUT2D eigenvalue weighted by atomic mass is 10.2. The molecule has 0 unspecified atom stereocenters. The molecule has 6 heteroatoms. The Morgan fingerprint density at radius 1 is 1.35 bits per heavy atom. The van der Waals surface area contributed by atoms with Crippen LogP contribution >= 0.6 is 11.8 Å². The van der Waals surface area contributed by atoms with Crippen molar-refractivity contribution in [3.05, 3.63) is 0 Å². The van der Waals surface area contributed by atoms with Crippen molar-refractivity contribution < 1.29 is 19.1 Å². The van der Waals surface area contributed by atoms with E-state index in [-0.39, 0.29) is 22.9 Å². The van der Waals surface area contributed by atoms with E-state index in [9.17, 15) is 14.4 Å². The van der Waals surface area contributed by atoms with E-state index in [4.69, 9.17) is 4.74 Å². The van der Waals surface area contributed by atoms with Gasteiger partial charge in [-0.05, 0) is 19.8 Å². The average Bonchev–Trinajstić information content (AvgIpc) is 2.60. The largest absolute Gasteiger partial charge is 0.466 e. The molecule has 1 rings (SSSR count). The van der Waals surface area contributed by atoms with Crippen molar-refractivity contribution in [2.45, 2.75) is 32.6 Å². The molecule has 17 heavy (non-hydrogen) atoms. The summed E-state index contributed by atoms with van der Waals surface area (Å²) < 4.78 is 4.80. The molecule has 96 valence electrons. The van der Waals surface area contributed by atoms with Gasteiger partial charge in [0.2, 0.25) is 5.91 Å². The summed E-state index contributed by atoms with van der Waals surface area (Å²) in [7, 11) is 0. The van der Waals surface area contributed by atoms with Gasteiger partial charge >= 0.3 is 5.97 Å². The number of nitrogens with zero attached hydrogens (tertiary/aromatic N) is 1. The van der Waals surface area contributed by atoms with Gasteiger partial charge in [0.05, 0.1) is 12.4 Å². The van der Waals surface area contributed by atoms with Crippen LogP contribution < -0.4 is 0 Å². The first-order chi connectivity index (χ1) is 8.15. The molecule has 0 bridgehead atoms. The topological polar surface area (TPSA) is 63.7 Å². The van der Waals surface area contributed by atoms with Crippen molar-refractivity contribution in [1.29, 1.82) is 0 Å². The Labute approximate surface area is 105 Å². The van der Waals surface area contributed by atoms with Gasteiger partial charge in [0.25, 0.3) is 5.24 Å². The second-order valence-corrected chi connectivity index (χ2v) is 4.64. The second kappa shape index (κ2) is 7.32. The molecule has 1 aliphatic rings. The smallest absolute Gasteiger partial charge is 0.305 e. The maximum atomic E-state index is 11.3. The number of amides is 2. The van der Waals surface area contributed by atoms with E-state index < -0.39 is 0 Å². The van der Waals surface area contributed by atoms with Crippen LogP contribution in [0.2, 0.25) is 0 Å². The van der Waals surface area contributed by atoms with Gasteiger partial charge in [-0.25, -0.2) is 0 Å². The zero-order valence-electron chi connectivity index (χ0n) is 9.94. The Morgan fingerprint density at radius 2 is 2.12 bits per heavy atom. The summed E-state index contributed by atoms with van der Waals surface area (Å²) in [6, 6.07) is 0. The molecule has 1 heterocycles. The van der Waals surface area contributed by atoms with Gasteiger partial charge in [0, 0.05) is 13.0 Å². The summed E-state index contributed by atoms with van der Waals surface area (Å²) in [5.41, 5.74) is 0. The molecule has 2 amide bonds. The van der Waals surface area contributed by atoms with Crippen molar-refractivity contribution in [2.75, 3.05) is 18.9 Å². The molecule has 0 aromatic carbocycles. The molecule has 0 spiro atoms. The monoisotopic (exact) mass is 259 g/mol. The minimum absolute atomic E-state index is 0.106. The summed E-state index contributed by atoms with van der Waals surface area (Å²) in [5, 5.41) is -0.152. The van der Waals surface area contributed by atoms with Crippen LogP contribution in [0.3, 0.4) is 0 Å². The van der Waals surface area contributed by atoms with Crippen LogP contribution in [-0.2, 0) is 14.3 Å². The third kappa shape index (κ3) is 4.77. The Kier molecular flexibility index (Phi) is 6.04. The van der Waals surface area contributed by atoms with Crippen LogP contribution in [0.15, 0.2) is 0 Å². The highest BCUT2D eigenvalue weighted by atomic mass is 32.2. The fourth-order valence-electron chi connectivity index (χ4n) is 1.55. The van der Waals surface area contributed by atoms with Gasteiger partial charge in [-0.3, -0.25) is 19.3 Å². The van der Waals surface area contributed by atoms with Gasteiger partial charge in [0.1, 0.15) is 0 Å². The quantitative estimate of drug-likeness (QED) is 0.515. The van der Waals surface area contributed by atoms with Crippen molar-refractivity contribution in [1.82, 2.24) is 4.90 Å². The van der Waals surface area contributed by atoms with Crippen LogP contribution in [0.5, 0.6) is 0 Å². The molecule has 1 fully saturated rings. The van der Waals surface area contributed by atoms with Crippen LogP contribution in [0.25, 0.3) is 0 Å². The molecule has 0 atom stereocenters. The lowest BCUT2D eigenvalue weighted by molar-refractivity contribution is -0.143. The van der Waals surface area contributed by atoms with Crippen LogP contribution in [0.4, 0.5) is 4.79 Å². The zero-order valence-corrected chi connectivity index (χ0v) is 10.8. The highest BCUT2D eigenvalue weighted by Gasteiger charge is 2.28. The maximum absolute atomic E-state index is 11.3. The van der Waals surface area contributed by atoms with Gasteiger partial charge < -0.3 is 4.74 Å². The molecule has 0 N–H and O–H groups in total. The summed E-state index contributed by atoms with van der Waals surface area (Å²) >= 11 is 1.05. The van der Waals surface area contributed by atoms with Crippen LogP contribution in [0.1, 0.15) is 32.6 Å². The average molecular weight is 259 g/mol. The van der Waals surface area contributed by atoms with E-state index in [1.807, 2.05) is 0 Å². The van der Waals surface area contributed by atoms with Gasteiger partial charge in [-0.1, -0.05) is 18.2 Å². The van der Waals surface area contributed by atoms with E-state index in [0.29, 0.717) is 19.6 Å². The summed E-state index contributed by atoms with van der Waals surface area (Å²) in [6.07, 6.45) is 2.71. The van der Waals surface area contributed by atoms with Gasteiger partial charge in [0.15, 0.2) is 0 Å². The highest BCUT2D eigenvalue weighted by Crippen LogP contribution is 2.19. The Balaban J connectivity index is 2.06. The van der Waals surface area contributed by atoms with E-state index >= 15 is 0 Å². The molecular weight excluding hydrogens is 242 g/mol. The fourth-order valence-corrected chi connectivity index (χ4v) is 2.30. The number of hydrogen-bond donors (Lipinski definition) is 0. The number of carbonyl (C=O) groups excluding carboxylic acids is 3. The van der Waals surface area contributed by atoms with Gasteiger partial charge in [-0.15, -0.1) is 0 Å². The van der Waals surface area contributed by atoms with E-state index in [1.165, 1.54) is 4.90 Å². The number of thioether (sulfide) groups is 1. The first-order valence-corrected chi connectivity index (χ1v) is 6.76. The highest BCUT2D eigenvalue weighted by molar-refractivity contribution is 8.14. The van der Waals surface area contributed by atoms with E-state index in [0.717, 1.165) is 31.0 Å². The number of hydrogen-bond acceptors (Lipinski definition) is 5. The minimum Gasteiger partial charge on any atom is -0.466 e. The number of unbranched alkanes of at least 4 members (excludes halogenated alkanes) is 2. The number of imide groups is 1. The van der Waals surface area contributed by atoms with Crippen molar-refractivity contribution in [3.8, 4) is 0 Å². The SMILES string of the molecule is CCOC(=O)CCCCCN1C(=O)CSC1=O. The lowest BCUT2D eigenvalue weighted by Gasteiger charge is -2.11. The second-order valence-electron chi connectivity index (χ2n) is 3.72. The minimum atomic E-state index is -0.184. The zero-order chi connectivity index (χ0) is 12.7. The Bertz CT molecular complexity index is 290. The normalized spacial score (nSPS) is 15.5. The lowest BCUT2D eigenvalue weighted by Crippen LogP contribution is -2.29. The molecule has 0 saturated carbocycles. The number of ether oxygens (including phenoxy) is 1.